The van der Waals surface area contributed by atoms with Crippen LogP contribution < -0.4 is 0 Å². The third-order valence-electron chi connectivity index (χ3n) is 3.85. The van der Waals surface area contributed by atoms with Crippen molar-refractivity contribution >= 4 is 0 Å². The smallest absolute Gasteiger partial charge is 0.106 e. The Hall–Kier alpha value is -1.02. The highest BCUT2D eigenvalue weighted by Gasteiger charge is 2.27. The van der Waals surface area contributed by atoms with Crippen LogP contribution in [-0.4, -0.2) is 78.3 Å². The Bertz CT molecular complexity index is 405. The van der Waals surface area contributed by atoms with Crippen molar-refractivity contribution in [2.75, 3.05) is 53.1 Å². The molecule has 0 aliphatic carbocycles. The van der Waals surface area contributed by atoms with Gasteiger partial charge in [0.1, 0.15) is 5.69 Å². The first-order valence-electron chi connectivity index (χ1n) is 6.82. The van der Waals surface area contributed by atoms with Crippen LogP contribution in [0.4, 0.5) is 0 Å². The number of aromatic nitrogens is 3. The van der Waals surface area contributed by atoms with Gasteiger partial charge in [-0.25, -0.2) is 0 Å². The summed E-state index contributed by atoms with van der Waals surface area (Å²) in [5.41, 5.74) is 2.12. The lowest BCUT2D eigenvalue weighted by Gasteiger charge is -2.32. The molecule has 2 aliphatic heterocycles. The molecule has 0 spiro atoms. The molecule has 1 aromatic heterocycles. The maximum Gasteiger partial charge on any atom is 0.106 e. The molecule has 2 saturated heterocycles. The van der Waals surface area contributed by atoms with Crippen LogP contribution in [0, 0.1) is 0 Å². The van der Waals surface area contributed by atoms with Gasteiger partial charge in [0.2, 0.25) is 0 Å². The Morgan fingerprint density at radius 3 is 2.79 bits per heavy atom. The third kappa shape index (κ3) is 2.94. The molecule has 3 heterocycles. The highest BCUT2D eigenvalue weighted by Crippen LogP contribution is 2.23. The van der Waals surface area contributed by atoms with Crippen molar-refractivity contribution < 1.29 is 9.47 Å². The molecule has 7 heteroatoms. The number of aromatic amines is 1. The normalized spacial score (nSPS) is 26.7. The lowest BCUT2D eigenvalue weighted by Crippen LogP contribution is -2.39. The SMILES string of the molecule is CN1CCOCC1c1nn[nH]c1CN1CCOCC1. The minimum Gasteiger partial charge on any atom is -0.379 e. The summed E-state index contributed by atoms with van der Waals surface area (Å²) in [7, 11) is 2.11. The monoisotopic (exact) mass is 267 g/mol. The van der Waals surface area contributed by atoms with E-state index in [1.165, 1.54) is 0 Å². The van der Waals surface area contributed by atoms with E-state index in [0.29, 0.717) is 6.61 Å². The summed E-state index contributed by atoms with van der Waals surface area (Å²) in [6, 6.07) is 0.212. The topological polar surface area (TPSA) is 66.5 Å². The molecular formula is C12H21N5O2. The Kier molecular flexibility index (Phi) is 4.07. The van der Waals surface area contributed by atoms with Crippen molar-refractivity contribution in [3.05, 3.63) is 11.4 Å². The zero-order valence-electron chi connectivity index (χ0n) is 11.3. The van der Waals surface area contributed by atoms with E-state index in [2.05, 4.69) is 32.3 Å². The Balaban J connectivity index is 1.70. The molecule has 1 aromatic rings. The van der Waals surface area contributed by atoms with Crippen molar-refractivity contribution in [3.8, 4) is 0 Å². The second-order valence-corrected chi connectivity index (χ2v) is 5.14. The predicted octanol–water partition coefficient (Wildman–Crippen LogP) is -0.360. The molecule has 2 aliphatic rings. The van der Waals surface area contributed by atoms with Gasteiger partial charge in [-0.05, 0) is 7.05 Å². The molecule has 1 N–H and O–H groups in total. The zero-order valence-corrected chi connectivity index (χ0v) is 11.3. The van der Waals surface area contributed by atoms with Gasteiger partial charge in [0, 0.05) is 26.2 Å². The number of nitrogens with zero attached hydrogens (tertiary/aromatic N) is 4. The number of H-pyrrole nitrogens is 1. The second-order valence-electron chi connectivity index (χ2n) is 5.14. The first-order valence-corrected chi connectivity index (χ1v) is 6.82. The number of nitrogens with one attached hydrogen (secondary N) is 1. The molecule has 3 rings (SSSR count). The third-order valence-corrected chi connectivity index (χ3v) is 3.85. The fourth-order valence-corrected chi connectivity index (χ4v) is 2.60. The van der Waals surface area contributed by atoms with Gasteiger partial charge in [-0.15, -0.1) is 5.10 Å². The molecule has 19 heavy (non-hydrogen) atoms. The van der Waals surface area contributed by atoms with Gasteiger partial charge in [0.25, 0.3) is 0 Å². The average Bonchev–Trinajstić information content (AvgIpc) is 2.88. The average molecular weight is 267 g/mol. The number of rotatable bonds is 3. The molecule has 1 unspecified atom stereocenters. The van der Waals surface area contributed by atoms with Gasteiger partial charge in [0.15, 0.2) is 0 Å². The fraction of sp³-hybridized carbons (Fsp3) is 0.833. The van der Waals surface area contributed by atoms with Gasteiger partial charge in [-0.2, -0.15) is 0 Å². The Morgan fingerprint density at radius 2 is 2.00 bits per heavy atom. The van der Waals surface area contributed by atoms with Crippen LogP contribution in [0.1, 0.15) is 17.4 Å². The van der Waals surface area contributed by atoms with Crippen LogP contribution in [0.15, 0.2) is 0 Å². The van der Waals surface area contributed by atoms with E-state index in [9.17, 15) is 0 Å². The van der Waals surface area contributed by atoms with Crippen LogP contribution in [0.5, 0.6) is 0 Å². The minimum absolute atomic E-state index is 0.212. The second kappa shape index (κ2) is 5.96. The minimum atomic E-state index is 0.212. The summed E-state index contributed by atoms with van der Waals surface area (Å²) in [5, 5.41) is 11.3. The summed E-state index contributed by atoms with van der Waals surface area (Å²) in [6.07, 6.45) is 0. The van der Waals surface area contributed by atoms with Gasteiger partial charge < -0.3 is 9.47 Å². The molecule has 0 bridgehead atoms. The first-order chi connectivity index (χ1) is 9.34. The molecule has 0 aromatic carbocycles. The molecule has 0 amide bonds. The van der Waals surface area contributed by atoms with Crippen molar-refractivity contribution in [1.82, 2.24) is 25.2 Å². The first kappa shape index (κ1) is 13.0. The number of morpholine rings is 2. The summed E-state index contributed by atoms with van der Waals surface area (Å²) < 4.78 is 10.9. The highest BCUT2D eigenvalue weighted by atomic mass is 16.5. The molecular weight excluding hydrogens is 246 g/mol. The summed E-state index contributed by atoms with van der Waals surface area (Å²) in [6.45, 7) is 6.84. The molecule has 106 valence electrons. The van der Waals surface area contributed by atoms with Crippen molar-refractivity contribution in [2.45, 2.75) is 12.6 Å². The van der Waals surface area contributed by atoms with E-state index in [1.807, 2.05) is 0 Å². The number of hydrogen-bond acceptors (Lipinski definition) is 6. The number of ether oxygens (including phenoxy) is 2. The van der Waals surface area contributed by atoms with Crippen LogP contribution >= 0.6 is 0 Å². The standard InChI is InChI=1S/C12H21N5O2/c1-16-2-5-19-9-11(16)12-10(13-15-14-12)8-17-3-6-18-7-4-17/h11H,2-9H2,1H3,(H,13,14,15). The van der Waals surface area contributed by atoms with Crippen LogP contribution in [0.3, 0.4) is 0 Å². The van der Waals surface area contributed by atoms with Crippen LogP contribution in [0.25, 0.3) is 0 Å². The van der Waals surface area contributed by atoms with Gasteiger partial charge in [-0.3, -0.25) is 14.9 Å². The van der Waals surface area contributed by atoms with Crippen LogP contribution in [-0.2, 0) is 16.0 Å². The Morgan fingerprint density at radius 1 is 1.21 bits per heavy atom. The van der Waals surface area contributed by atoms with E-state index in [-0.39, 0.29) is 6.04 Å². The quantitative estimate of drug-likeness (QED) is 0.807. The molecule has 0 radical (unpaired) electrons. The van der Waals surface area contributed by atoms with E-state index in [0.717, 1.165) is 57.4 Å². The maximum atomic E-state index is 5.56. The lowest BCUT2D eigenvalue weighted by molar-refractivity contribution is 0.00221. The van der Waals surface area contributed by atoms with E-state index >= 15 is 0 Å². The van der Waals surface area contributed by atoms with E-state index < -0.39 is 0 Å². The van der Waals surface area contributed by atoms with E-state index in [1.54, 1.807) is 0 Å². The Labute approximate surface area is 112 Å². The van der Waals surface area contributed by atoms with Gasteiger partial charge in [-0.1, -0.05) is 5.21 Å². The van der Waals surface area contributed by atoms with Crippen molar-refractivity contribution in [2.24, 2.45) is 0 Å². The predicted molar refractivity (Wildman–Crippen MR) is 68.7 cm³/mol. The van der Waals surface area contributed by atoms with Crippen molar-refractivity contribution in [3.63, 3.8) is 0 Å². The molecule has 1 atom stereocenters. The summed E-state index contributed by atoms with van der Waals surface area (Å²) >= 11 is 0. The lowest BCUT2D eigenvalue weighted by atomic mass is 10.1. The molecule has 7 nitrogen and oxygen atoms in total. The maximum absolute atomic E-state index is 5.56. The number of likely N-dealkylation sites (N-methyl/N-ethyl adjacent to an activating group) is 1. The molecule has 0 saturated carbocycles. The summed E-state index contributed by atoms with van der Waals surface area (Å²) in [5.74, 6) is 0. The van der Waals surface area contributed by atoms with Crippen LogP contribution in [0.2, 0.25) is 0 Å². The molecule has 2 fully saturated rings. The fourth-order valence-electron chi connectivity index (χ4n) is 2.60. The number of hydrogen-bond donors (Lipinski definition) is 1. The summed E-state index contributed by atoms with van der Waals surface area (Å²) in [4.78, 5) is 4.65. The van der Waals surface area contributed by atoms with Gasteiger partial charge >= 0.3 is 0 Å². The van der Waals surface area contributed by atoms with Crippen molar-refractivity contribution in [1.29, 1.82) is 0 Å². The van der Waals surface area contributed by atoms with E-state index in [4.69, 9.17) is 9.47 Å². The zero-order chi connectivity index (χ0) is 13.1. The highest BCUT2D eigenvalue weighted by molar-refractivity contribution is 5.14. The largest absolute Gasteiger partial charge is 0.379 e. The van der Waals surface area contributed by atoms with Gasteiger partial charge in [0.05, 0.1) is 38.2 Å².